The molecule has 0 unspecified atom stereocenters. The van der Waals surface area contributed by atoms with Gasteiger partial charge in [-0.05, 0) is 72.8 Å². The molecular weight excluding hydrogens is 605 g/mol. The summed E-state index contributed by atoms with van der Waals surface area (Å²) in [5, 5.41) is 3.37. The summed E-state index contributed by atoms with van der Waals surface area (Å²) in [4.78, 5) is 10.2. The molecule has 0 aliphatic carbocycles. The third kappa shape index (κ3) is 4.72. The monoisotopic (exact) mass is 634 g/mol. The normalized spacial score (nSPS) is 11.3. The minimum Gasteiger partial charge on any atom is -0.309 e. The Morgan fingerprint density at radius 1 is 0.396 bits per heavy atom. The number of hydrogen-bond donors (Lipinski definition) is 0. The van der Waals surface area contributed by atoms with E-state index in [0.29, 0.717) is 0 Å². The van der Waals surface area contributed by atoms with Crippen molar-refractivity contribution in [3.05, 3.63) is 182 Å². The Balaban J connectivity index is 1.38. The molecule has 0 spiro atoms. The summed E-state index contributed by atoms with van der Waals surface area (Å²) >= 11 is 1.73. The van der Waals surface area contributed by atoms with Crippen LogP contribution in [0.2, 0.25) is 0 Å². The predicted molar refractivity (Wildman–Crippen MR) is 203 cm³/mol. The number of aromatic nitrogens is 2. The highest BCUT2D eigenvalue weighted by atomic mass is 32.1. The van der Waals surface area contributed by atoms with Crippen LogP contribution in [0, 0.1) is 0 Å². The van der Waals surface area contributed by atoms with E-state index in [2.05, 4.69) is 196 Å². The van der Waals surface area contributed by atoms with E-state index >= 15 is 0 Å². The van der Waals surface area contributed by atoms with Gasteiger partial charge in [-0.25, -0.2) is 4.98 Å². The van der Waals surface area contributed by atoms with E-state index in [9.17, 15) is 0 Å². The second kappa shape index (κ2) is 11.9. The van der Waals surface area contributed by atoms with Crippen LogP contribution < -0.4 is 9.80 Å². The number of thiazole rings is 1. The molecule has 2 aromatic heterocycles. The van der Waals surface area contributed by atoms with E-state index in [0.717, 1.165) is 60.5 Å². The summed E-state index contributed by atoms with van der Waals surface area (Å²) in [6.07, 6.45) is 0. The van der Waals surface area contributed by atoms with Crippen LogP contribution in [0.15, 0.2) is 182 Å². The standard InChI is InChI=1S/C43H30N4S/c1-5-17-31(18-6-1)45(32-19-7-2-8-20-32)39-29-30-40(46(33-21-9-3-10-22-33)34-23-11-4-12-24-34)42-41(39)44-43(48-42)47-37-27-15-13-25-35(37)36-26-14-16-28-38(36)47/h1-30H. The first-order chi connectivity index (χ1) is 23.8. The molecule has 0 amide bonds. The molecule has 4 nitrogen and oxygen atoms in total. The molecule has 0 aliphatic rings. The van der Waals surface area contributed by atoms with Crippen LogP contribution in [-0.4, -0.2) is 9.55 Å². The van der Waals surface area contributed by atoms with E-state index in [-0.39, 0.29) is 0 Å². The van der Waals surface area contributed by atoms with Gasteiger partial charge in [0.05, 0.1) is 27.1 Å². The summed E-state index contributed by atoms with van der Waals surface area (Å²) < 4.78 is 3.43. The van der Waals surface area contributed by atoms with Crippen LogP contribution in [0.3, 0.4) is 0 Å². The summed E-state index contributed by atoms with van der Waals surface area (Å²) in [5.74, 6) is 0. The van der Waals surface area contributed by atoms with Gasteiger partial charge in [0.25, 0.3) is 0 Å². The van der Waals surface area contributed by atoms with Gasteiger partial charge in [-0.15, -0.1) is 0 Å². The lowest BCUT2D eigenvalue weighted by Crippen LogP contribution is -2.13. The van der Waals surface area contributed by atoms with Crippen molar-refractivity contribution in [3.63, 3.8) is 0 Å². The van der Waals surface area contributed by atoms with Crippen LogP contribution >= 0.6 is 11.3 Å². The zero-order valence-electron chi connectivity index (χ0n) is 26.0. The molecule has 0 fully saturated rings. The number of nitrogens with zero attached hydrogens (tertiary/aromatic N) is 4. The second-order valence-corrected chi connectivity index (χ2v) is 12.6. The Hall–Kier alpha value is -6.17. The van der Waals surface area contributed by atoms with E-state index in [1.165, 1.54) is 10.8 Å². The summed E-state index contributed by atoms with van der Waals surface area (Å²) in [6.45, 7) is 0. The van der Waals surface area contributed by atoms with Crippen molar-refractivity contribution >= 4 is 77.5 Å². The third-order valence-electron chi connectivity index (χ3n) is 8.80. The molecule has 9 rings (SSSR count). The number of fused-ring (bicyclic) bond motifs is 4. The third-order valence-corrected chi connectivity index (χ3v) is 9.86. The fourth-order valence-corrected chi connectivity index (χ4v) is 7.83. The molecule has 0 radical (unpaired) electrons. The molecule has 0 saturated heterocycles. The molecule has 2 heterocycles. The van der Waals surface area contributed by atoms with Crippen LogP contribution in [-0.2, 0) is 0 Å². The molecule has 5 heteroatoms. The molecule has 48 heavy (non-hydrogen) atoms. The van der Waals surface area contributed by atoms with Gasteiger partial charge in [0.2, 0.25) is 0 Å². The summed E-state index contributed by atoms with van der Waals surface area (Å²) in [5.41, 5.74) is 9.67. The number of para-hydroxylation sites is 6. The highest BCUT2D eigenvalue weighted by molar-refractivity contribution is 7.21. The SMILES string of the molecule is c1ccc(N(c2ccccc2)c2ccc(N(c3ccccc3)c3ccccc3)c3sc(-n4c5ccccc5c5ccccc54)nc23)cc1. The van der Waals surface area contributed by atoms with Crippen molar-refractivity contribution in [2.75, 3.05) is 9.80 Å². The molecule has 0 atom stereocenters. The fraction of sp³-hybridized carbons (Fsp3) is 0. The molecule has 9 aromatic rings. The molecular formula is C43H30N4S. The average molecular weight is 635 g/mol. The second-order valence-electron chi connectivity index (χ2n) is 11.7. The maximum atomic E-state index is 5.57. The van der Waals surface area contributed by atoms with Gasteiger partial charge in [0, 0.05) is 33.5 Å². The Labute approximate surface area is 283 Å². The molecule has 228 valence electrons. The van der Waals surface area contributed by atoms with Crippen LogP contribution in [0.25, 0.3) is 37.2 Å². The summed E-state index contributed by atoms with van der Waals surface area (Å²) in [6, 6.07) is 64.1. The molecule has 0 N–H and O–H groups in total. The average Bonchev–Trinajstić information content (AvgIpc) is 3.74. The van der Waals surface area contributed by atoms with E-state index in [1.807, 2.05) is 0 Å². The first-order valence-electron chi connectivity index (χ1n) is 16.1. The molecule has 0 saturated carbocycles. The number of benzene rings is 7. The van der Waals surface area contributed by atoms with Crippen molar-refractivity contribution in [1.29, 1.82) is 0 Å². The highest BCUT2D eigenvalue weighted by Crippen LogP contribution is 2.48. The molecule has 0 aliphatic heterocycles. The first-order valence-corrected chi connectivity index (χ1v) is 16.9. The van der Waals surface area contributed by atoms with Gasteiger partial charge >= 0.3 is 0 Å². The number of rotatable bonds is 7. The minimum atomic E-state index is 0.929. The fourth-order valence-electron chi connectivity index (χ4n) is 6.71. The van der Waals surface area contributed by atoms with Gasteiger partial charge < -0.3 is 9.80 Å². The number of hydrogen-bond acceptors (Lipinski definition) is 4. The lowest BCUT2D eigenvalue weighted by molar-refractivity contribution is 1.15. The Morgan fingerprint density at radius 3 is 1.23 bits per heavy atom. The zero-order chi connectivity index (χ0) is 31.9. The minimum absolute atomic E-state index is 0.929. The van der Waals surface area contributed by atoms with Gasteiger partial charge in [0.15, 0.2) is 5.13 Å². The molecule has 7 aromatic carbocycles. The maximum absolute atomic E-state index is 5.57. The van der Waals surface area contributed by atoms with Crippen molar-refractivity contribution in [2.24, 2.45) is 0 Å². The van der Waals surface area contributed by atoms with Crippen molar-refractivity contribution in [1.82, 2.24) is 9.55 Å². The quantitative estimate of drug-likeness (QED) is 0.174. The first kappa shape index (κ1) is 28.1. The number of anilines is 6. The van der Waals surface area contributed by atoms with Crippen molar-refractivity contribution in [3.8, 4) is 5.13 Å². The molecule has 0 bridgehead atoms. The zero-order valence-corrected chi connectivity index (χ0v) is 26.8. The van der Waals surface area contributed by atoms with Gasteiger partial charge in [-0.1, -0.05) is 121 Å². The van der Waals surface area contributed by atoms with E-state index in [1.54, 1.807) is 11.3 Å². The lowest BCUT2D eigenvalue weighted by Gasteiger charge is -2.29. The Morgan fingerprint density at radius 2 is 0.771 bits per heavy atom. The Kier molecular flexibility index (Phi) is 6.95. The van der Waals surface area contributed by atoms with Crippen LogP contribution in [0.5, 0.6) is 0 Å². The predicted octanol–water partition coefficient (Wildman–Crippen LogP) is 12.3. The van der Waals surface area contributed by atoms with E-state index < -0.39 is 0 Å². The van der Waals surface area contributed by atoms with Crippen LogP contribution in [0.4, 0.5) is 34.1 Å². The van der Waals surface area contributed by atoms with Gasteiger partial charge in [-0.2, -0.15) is 0 Å². The van der Waals surface area contributed by atoms with E-state index in [4.69, 9.17) is 4.98 Å². The summed E-state index contributed by atoms with van der Waals surface area (Å²) in [7, 11) is 0. The smallest absolute Gasteiger partial charge is 0.195 e. The Bertz CT molecular complexity index is 2250. The highest BCUT2D eigenvalue weighted by Gasteiger charge is 2.25. The maximum Gasteiger partial charge on any atom is 0.195 e. The largest absolute Gasteiger partial charge is 0.309 e. The lowest BCUT2D eigenvalue weighted by atomic mass is 10.1. The van der Waals surface area contributed by atoms with Gasteiger partial charge in [0.1, 0.15) is 5.52 Å². The van der Waals surface area contributed by atoms with Gasteiger partial charge in [-0.3, -0.25) is 4.57 Å². The van der Waals surface area contributed by atoms with Crippen molar-refractivity contribution < 1.29 is 0 Å². The topological polar surface area (TPSA) is 24.3 Å². The van der Waals surface area contributed by atoms with Crippen molar-refractivity contribution in [2.45, 2.75) is 0 Å². The van der Waals surface area contributed by atoms with Crippen LogP contribution in [0.1, 0.15) is 0 Å².